The number of fused-ring (bicyclic) bond motifs is 1. The third-order valence-electron chi connectivity index (χ3n) is 5.85. The largest absolute Gasteiger partial charge is 0.496 e. The van der Waals surface area contributed by atoms with Crippen LogP contribution in [0.25, 0.3) is 11.0 Å². The second kappa shape index (κ2) is 10.7. The first-order chi connectivity index (χ1) is 16.1. The van der Waals surface area contributed by atoms with Crippen LogP contribution in [-0.2, 0) is 13.1 Å². The van der Waals surface area contributed by atoms with E-state index < -0.39 is 0 Å². The molecule has 0 bridgehead atoms. The van der Waals surface area contributed by atoms with Gasteiger partial charge in [0.05, 0.1) is 32.5 Å². The Morgan fingerprint density at radius 2 is 1.82 bits per heavy atom. The first-order valence-electron chi connectivity index (χ1n) is 11.5. The van der Waals surface area contributed by atoms with Crippen molar-refractivity contribution in [2.45, 2.75) is 32.9 Å². The molecule has 1 aliphatic heterocycles. The van der Waals surface area contributed by atoms with Crippen molar-refractivity contribution in [3.8, 4) is 11.5 Å². The van der Waals surface area contributed by atoms with E-state index in [1.807, 2.05) is 10.9 Å². The van der Waals surface area contributed by atoms with Crippen molar-refractivity contribution >= 4 is 22.8 Å². The van der Waals surface area contributed by atoms with Gasteiger partial charge in [0.15, 0.2) is 11.3 Å². The number of nitrogen functional groups attached to an aromatic ring is 1. The number of anilines is 2. The molecular weight excluding hydrogens is 420 g/mol. The summed E-state index contributed by atoms with van der Waals surface area (Å²) in [6.07, 6.45) is 4.02. The van der Waals surface area contributed by atoms with E-state index in [1.165, 1.54) is 5.56 Å². The predicted octanol–water partition coefficient (Wildman–Crippen LogP) is 2.09. The van der Waals surface area contributed by atoms with Gasteiger partial charge in [-0.15, -0.1) is 0 Å². The van der Waals surface area contributed by atoms with Crippen molar-refractivity contribution in [2.75, 3.05) is 58.0 Å². The van der Waals surface area contributed by atoms with E-state index in [2.05, 4.69) is 44.6 Å². The number of hydrogen-bond donors (Lipinski definition) is 3. The summed E-state index contributed by atoms with van der Waals surface area (Å²) in [5.74, 6) is 2.46. The van der Waals surface area contributed by atoms with E-state index in [0.717, 1.165) is 69.2 Å². The molecule has 2 aromatic heterocycles. The lowest BCUT2D eigenvalue weighted by Crippen LogP contribution is -2.42. The summed E-state index contributed by atoms with van der Waals surface area (Å²) < 4.78 is 13.4. The van der Waals surface area contributed by atoms with Gasteiger partial charge in [0.1, 0.15) is 17.0 Å². The van der Waals surface area contributed by atoms with Crippen LogP contribution in [0.2, 0.25) is 0 Å². The quantitative estimate of drug-likeness (QED) is 0.396. The lowest BCUT2D eigenvalue weighted by Gasteiger charge is -2.27. The van der Waals surface area contributed by atoms with E-state index in [0.29, 0.717) is 23.4 Å². The topological polar surface area (TPSA) is 115 Å². The fourth-order valence-electron chi connectivity index (χ4n) is 4.14. The minimum absolute atomic E-state index is 0.230. The van der Waals surface area contributed by atoms with Crippen molar-refractivity contribution in [3.05, 3.63) is 29.5 Å². The summed E-state index contributed by atoms with van der Waals surface area (Å²) >= 11 is 0. The summed E-state index contributed by atoms with van der Waals surface area (Å²) in [6.45, 7) is 8.40. The molecule has 0 radical (unpaired) electrons. The number of methoxy groups -OCH3 is 2. The molecule has 0 unspecified atom stereocenters. The summed E-state index contributed by atoms with van der Waals surface area (Å²) in [4.78, 5) is 11.1. The van der Waals surface area contributed by atoms with Gasteiger partial charge in [-0.05, 0) is 24.1 Å². The van der Waals surface area contributed by atoms with Crippen LogP contribution in [0.1, 0.15) is 30.9 Å². The molecule has 3 aromatic rings. The van der Waals surface area contributed by atoms with Crippen molar-refractivity contribution < 1.29 is 9.47 Å². The molecule has 1 saturated heterocycles. The molecule has 1 aliphatic rings. The van der Waals surface area contributed by atoms with Crippen LogP contribution in [0.4, 0.5) is 11.8 Å². The zero-order chi connectivity index (χ0) is 23.2. The summed E-state index contributed by atoms with van der Waals surface area (Å²) in [5, 5.41) is 11.5. The number of aromatic nitrogens is 4. The number of ether oxygens (including phenoxy) is 2. The maximum Gasteiger partial charge on any atom is 0.222 e. The third-order valence-corrected chi connectivity index (χ3v) is 5.85. The average molecular weight is 455 g/mol. The van der Waals surface area contributed by atoms with Gasteiger partial charge in [0, 0.05) is 39.3 Å². The Kier molecular flexibility index (Phi) is 7.46. The fraction of sp³-hybridized carbons (Fsp3) is 0.522. The first-order valence-corrected chi connectivity index (χ1v) is 11.5. The van der Waals surface area contributed by atoms with Crippen LogP contribution in [-0.4, -0.2) is 71.6 Å². The number of nitrogens with two attached hydrogens (primary N) is 1. The molecule has 10 heteroatoms. The number of rotatable bonds is 10. The minimum atomic E-state index is 0.230. The van der Waals surface area contributed by atoms with Crippen LogP contribution < -0.4 is 25.8 Å². The fourth-order valence-corrected chi connectivity index (χ4v) is 4.14. The van der Waals surface area contributed by atoms with E-state index in [1.54, 1.807) is 14.2 Å². The first kappa shape index (κ1) is 23.1. The number of nitrogens with one attached hydrogen (secondary N) is 2. The zero-order valence-corrected chi connectivity index (χ0v) is 19.7. The van der Waals surface area contributed by atoms with Gasteiger partial charge < -0.3 is 25.8 Å². The number of nitrogens with zero attached hydrogens (tertiary/aromatic N) is 5. The number of benzene rings is 1. The molecule has 1 aromatic carbocycles. The van der Waals surface area contributed by atoms with Crippen molar-refractivity contribution in [2.24, 2.45) is 0 Å². The SMILES string of the molecule is CCCCNc1nc(N)nc2cn(Cc3c(OC)cc(CN4CCNCC4)cc3OC)nc12. The van der Waals surface area contributed by atoms with Crippen LogP contribution in [0.3, 0.4) is 0 Å². The van der Waals surface area contributed by atoms with E-state index >= 15 is 0 Å². The van der Waals surface area contributed by atoms with Gasteiger partial charge in [-0.25, -0.2) is 4.98 Å². The Balaban J connectivity index is 1.61. The van der Waals surface area contributed by atoms with Crippen LogP contribution in [0, 0.1) is 0 Å². The highest BCUT2D eigenvalue weighted by molar-refractivity contribution is 5.85. The van der Waals surface area contributed by atoms with Crippen LogP contribution >= 0.6 is 0 Å². The Morgan fingerprint density at radius 3 is 2.48 bits per heavy atom. The van der Waals surface area contributed by atoms with Crippen LogP contribution in [0.15, 0.2) is 18.3 Å². The zero-order valence-electron chi connectivity index (χ0n) is 19.7. The van der Waals surface area contributed by atoms with E-state index in [4.69, 9.17) is 20.3 Å². The molecule has 0 saturated carbocycles. The molecule has 4 rings (SSSR count). The molecule has 0 amide bonds. The second-order valence-electron chi connectivity index (χ2n) is 8.28. The normalized spacial score (nSPS) is 14.5. The summed E-state index contributed by atoms with van der Waals surface area (Å²) in [5.41, 5.74) is 9.43. The van der Waals surface area contributed by atoms with Crippen molar-refractivity contribution in [1.82, 2.24) is 30.0 Å². The van der Waals surface area contributed by atoms with Gasteiger partial charge in [0.2, 0.25) is 5.95 Å². The lowest BCUT2D eigenvalue weighted by molar-refractivity contribution is 0.232. The minimum Gasteiger partial charge on any atom is -0.496 e. The molecule has 1 fully saturated rings. The van der Waals surface area contributed by atoms with Crippen molar-refractivity contribution in [1.29, 1.82) is 0 Å². The summed E-state index contributed by atoms with van der Waals surface area (Å²) in [6, 6.07) is 4.19. The smallest absolute Gasteiger partial charge is 0.222 e. The lowest BCUT2D eigenvalue weighted by atomic mass is 10.1. The molecular formula is C23H34N8O2. The van der Waals surface area contributed by atoms with Gasteiger partial charge in [-0.3, -0.25) is 9.58 Å². The Hall–Kier alpha value is -3.11. The maximum absolute atomic E-state index is 5.93. The van der Waals surface area contributed by atoms with Crippen molar-refractivity contribution in [3.63, 3.8) is 0 Å². The Morgan fingerprint density at radius 1 is 1.09 bits per heavy atom. The highest BCUT2D eigenvalue weighted by Crippen LogP contribution is 2.32. The molecule has 0 atom stereocenters. The van der Waals surface area contributed by atoms with Gasteiger partial charge >= 0.3 is 0 Å². The standard InChI is InChI=1S/C23H34N8O2/c1-4-5-6-26-22-21-18(27-23(24)28-22)15-31(29-21)14-17-19(32-2)11-16(12-20(17)33-3)13-30-9-7-25-8-10-30/h11-12,15,25H,4-10,13-14H2,1-3H3,(H3,24,26,27,28). The molecule has 0 spiro atoms. The Bertz CT molecular complexity index is 1050. The van der Waals surface area contributed by atoms with Gasteiger partial charge in [-0.2, -0.15) is 10.1 Å². The summed E-state index contributed by atoms with van der Waals surface area (Å²) in [7, 11) is 3.38. The highest BCUT2D eigenvalue weighted by Gasteiger charge is 2.18. The number of piperazine rings is 1. The highest BCUT2D eigenvalue weighted by atomic mass is 16.5. The second-order valence-corrected chi connectivity index (χ2v) is 8.28. The number of hydrogen-bond acceptors (Lipinski definition) is 9. The van der Waals surface area contributed by atoms with Crippen LogP contribution in [0.5, 0.6) is 11.5 Å². The molecule has 3 heterocycles. The molecule has 178 valence electrons. The van der Waals surface area contributed by atoms with E-state index in [-0.39, 0.29) is 5.95 Å². The maximum atomic E-state index is 5.93. The molecule has 33 heavy (non-hydrogen) atoms. The van der Waals surface area contributed by atoms with E-state index in [9.17, 15) is 0 Å². The molecule has 4 N–H and O–H groups in total. The monoisotopic (exact) mass is 454 g/mol. The predicted molar refractivity (Wildman–Crippen MR) is 130 cm³/mol. The molecule has 10 nitrogen and oxygen atoms in total. The van der Waals surface area contributed by atoms with Gasteiger partial charge in [-0.1, -0.05) is 13.3 Å². The average Bonchev–Trinajstić information content (AvgIpc) is 3.23. The third kappa shape index (κ3) is 5.45. The molecule has 0 aliphatic carbocycles. The Labute approximate surface area is 194 Å². The number of unbranched alkanes of at least 4 members (excludes halogenated alkanes) is 1. The van der Waals surface area contributed by atoms with Gasteiger partial charge in [0.25, 0.3) is 0 Å².